The number of nitrogens with zero attached hydrogens (tertiary/aromatic N) is 1. The molecule has 0 heterocycles. The molecule has 0 unspecified atom stereocenters. The van der Waals surface area contributed by atoms with Crippen molar-refractivity contribution in [2.45, 2.75) is 20.3 Å². The quantitative estimate of drug-likeness (QED) is 0.516. The van der Waals surface area contributed by atoms with Crippen LogP contribution in [-0.4, -0.2) is 29.1 Å². The first kappa shape index (κ1) is 14.7. The summed E-state index contributed by atoms with van der Waals surface area (Å²) in [4.78, 5) is 21.3. The highest BCUT2D eigenvalue weighted by molar-refractivity contribution is 5.80. The van der Waals surface area contributed by atoms with Crippen molar-refractivity contribution in [2.75, 3.05) is 23.7 Å². The van der Waals surface area contributed by atoms with E-state index in [1.807, 2.05) is 13.8 Å². The van der Waals surface area contributed by atoms with Gasteiger partial charge < -0.3 is 15.7 Å². The molecular weight excluding hydrogens is 250 g/mol. The van der Waals surface area contributed by atoms with Crippen molar-refractivity contribution in [1.29, 1.82) is 0 Å². The van der Waals surface area contributed by atoms with Gasteiger partial charge in [0, 0.05) is 42.2 Å². The lowest BCUT2D eigenvalue weighted by atomic mass is 10.1. The van der Waals surface area contributed by atoms with Crippen LogP contribution in [-0.2, 0) is 11.2 Å². The number of nitro groups is 1. The van der Waals surface area contributed by atoms with Gasteiger partial charge in [-0.1, -0.05) is 0 Å². The zero-order valence-electron chi connectivity index (χ0n) is 10.9. The topological polar surface area (TPSA) is 105 Å². The number of benzene rings is 1. The summed E-state index contributed by atoms with van der Waals surface area (Å²) in [7, 11) is 0. The van der Waals surface area contributed by atoms with Crippen LogP contribution in [0.15, 0.2) is 12.1 Å². The summed E-state index contributed by atoms with van der Waals surface area (Å²) in [5, 5.41) is 25.8. The average Bonchev–Trinajstić information content (AvgIpc) is 2.32. The van der Waals surface area contributed by atoms with Crippen LogP contribution in [0.3, 0.4) is 0 Å². The van der Waals surface area contributed by atoms with Crippen LogP contribution < -0.4 is 10.6 Å². The van der Waals surface area contributed by atoms with Crippen LogP contribution in [0.5, 0.6) is 0 Å². The molecule has 0 spiro atoms. The molecular formula is C12H17N3O4. The van der Waals surface area contributed by atoms with E-state index in [-0.39, 0.29) is 12.1 Å². The van der Waals surface area contributed by atoms with Gasteiger partial charge >= 0.3 is 5.97 Å². The zero-order chi connectivity index (χ0) is 14.4. The van der Waals surface area contributed by atoms with Gasteiger partial charge in [0.15, 0.2) is 0 Å². The van der Waals surface area contributed by atoms with E-state index in [9.17, 15) is 14.9 Å². The van der Waals surface area contributed by atoms with E-state index in [1.165, 1.54) is 12.1 Å². The molecule has 0 aliphatic rings. The fourth-order valence-corrected chi connectivity index (χ4v) is 1.80. The van der Waals surface area contributed by atoms with Crippen LogP contribution in [0.1, 0.15) is 19.4 Å². The number of nitrogens with one attached hydrogen (secondary N) is 2. The van der Waals surface area contributed by atoms with E-state index >= 15 is 0 Å². The van der Waals surface area contributed by atoms with Crippen LogP contribution in [0, 0.1) is 10.1 Å². The third-order valence-electron chi connectivity index (χ3n) is 2.51. The molecule has 1 aromatic carbocycles. The van der Waals surface area contributed by atoms with E-state index in [0.717, 1.165) is 0 Å². The molecule has 1 rings (SSSR count). The first-order chi connectivity index (χ1) is 8.99. The van der Waals surface area contributed by atoms with Gasteiger partial charge in [0.25, 0.3) is 5.69 Å². The fraction of sp³-hybridized carbons (Fsp3) is 0.417. The zero-order valence-corrected chi connectivity index (χ0v) is 10.9. The Morgan fingerprint density at radius 1 is 1.26 bits per heavy atom. The Morgan fingerprint density at radius 2 is 1.74 bits per heavy atom. The van der Waals surface area contributed by atoms with Crippen LogP contribution >= 0.6 is 0 Å². The monoisotopic (exact) mass is 267 g/mol. The van der Waals surface area contributed by atoms with Crippen molar-refractivity contribution in [3.63, 3.8) is 0 Å². The predicted octanol–water partition coefficient (Wildman–Crippen LogP) is 2.09. The lowest BCUT2D eigenvalue weighted by molar-refractivity contribution is -0.384. The van der Waals surface area contributed by atoms with Gasteiger partial charge in [-0.05, 0) is 13.8 Å². The minimum absolute atomic E-state index is 0.0685. The molecule has 0 saturated heterocycles. The molecule has 3 N–H and O–H groups in total. The van der Waals surface area contributed by atoms with Crippen molar-refractivity contribution in [2.24, 2.45) is 0 Å². The molecule has 104 valence electrons. The second-order valence-corrected chi connectivity index (χ2v) is 3.91. The summed E-state index contributed by atoms with van der Waals surface area (Å²) >= 11 is 0. The highest BCUT2D eigenvalue weighted by Gasteiger charge is 2.18. The molecule has 0 aromatic heterocycles. The second-order valence-electron chi connectivity index (χ2n) is 3.91. The van der Waals surface area contributed by atoms with Crippen molar-refractivity contribution < 1.29 is 14.8 Å². The van der Waals surface area contributed by atoms with Gasteiger partial charge in [-0.15, -0.1) is 0 Å². The van der Waals surface area contributed by atoms with Crippen LogP contribution in [0.25, 0.3) is 0 Å². The Balaban J connectivity index is 3.35. The summed E-state index contributed by atoms with van der Waals surface area (Å²) in [6.07, 6.45) is -0.192. The molecule has 0 radical (unpaired) electrons. The highest BCUT2D eigenvalue weighted by Crippen LogP contribution is 2.31. The molecule has 0 fully saturated rings. The van der Waals surface area contributed by atoms with E-state index < -0.39 is 10.9 Å². The van der Waals surface area contributed by atoms with Gasteiger partial charge in [-0.3, -0.25) is 14.9 Å². The SMILES string of the molecule is CCNc1cc([N+](=O)[O-])cc(NCC)c1CC(=O)O. The standard InChI is InChI=1S/C12H17N3O4/c1-3-13-10-5-8(15(18)19)6-11(14-4-2)9(10)7-12(16)17/h5-6,13-14H,3-4,7H2,1-2H3,(H,16,17). The minimum atomic E-state index is -0.979. The van der Waals surface area contributed by atoms with Gasteiger partial charge in [-0.25, -0.2) is 0 Å². The van der Waals surface area contributed by atoms with E-state index in [1.54, 1.807) is 0 Å². The summed E-state index contributed by atoms with van der Waals surface area (Å²) in [6.45, 7) is 4.80. The molecule has 0 saturated carbocycles. The number of non-ortho nitro benzene ring substituents is 1. The van der Waals surface area contributed by atoms with E-state index in [0.29, 0.717) is 30.0 Å². The van der Waals surface area contributed by atoms with Crippen LogP contribution in [0.4, 0.5) is 17.1 Å². The molecule has 0 atom stereocenters. The summed E-state index contributed by atoms with van der Waals surface area (Å²) in [5.74, 6) is -0.979. The van der Waals surface area contributed by atoms with Gasteiger partial charge in [0.05, 0.1) is 11.3 Å². The average molecular weight is 267 g/mol. The van der Waals surface area contributed by atoms with Gasteiger partial charge in [0.2, 0.25) is 0 Å². The first-order valence-corrected chi connectivity index (χ1v) is 6.00. The Kier molecular flexibility index (Phi) is 5.11. The Bertz CT molecular complexity index is 461. The van der Waals surface area contributed by atoms with Gasteiger partial charge in [0.1, 0.15) is 0 Å². The number of hydrogen-bond acceptors (Lipinski definition) is 5. The Labute approximate surface area is 110 Å². The smallest absolute Gasteiger partial charge is 0.307 e. The highest BCUT2D eigenvalue weighted by atomic mass is 16.6. The molecule has 0 aliphatic heterocycles. The molecule has 0 bridgehead atoms. The number of rotatable bonds is 7. The van der Waals surface area contributed by atoms with Crippen molar-refractivity contribution >= 4 is 23.0 Å². The second kappa shape index (κ2) is 6.58. The normalized spacial score (nSPS) is 10.0. The third kappa shape index (κ3) is 3.84. The fourth-order valence-electron chi connectivity index (χ4n) is 1.80. The number of hydrogen-bond donors (Lipinski definition) is 3. The van der Waals surface area contributed by atoms with Crippen molar-refractivity contribution in [3.05, 3.63) is 27.8 Å². The summed E-state index contributed by atoms with van der Waals surface area (Å²) < 4.78 is 0. The summed E-state index contributed by atoms with van der Waals surface area (Å²) in [6, 6.07) is 2.73. The lowest BCUT2D eigenvalue weighted by Gasteiger charge is -2.15. The molecule has 7 heteroatoms. The molecule has 1 aromatic rings. The number of carbonyl (C=O) groups is 1. The third-order valence-corrected chi connectivity index (χ3v) is 2.51. The largest absolute Gasteiger partial charge is 0.481 e. The van der Waals surface area contributed by atoms with Crippen molar-refractivity contribution in [1.82, 2.24) is 0 Å². The molecule has 0 aliphatic carbocycles. The lowest BCUT2D eigenvalue weighted by Crippen LogP contribution is -2.11. The Morgan fingerprint density at radius 3 is 2.05 bits per heavy atom. The minimum Gasteiger partial charge on any atom is -0.481 e. The maximum Gasteiger partial charge on any atom is 0.307 e. The Hall–Kier alpha value is -2.31. The maximum absolute atomic E-state index is 10.9. The maximum atomic E-state index is 10.9. The van der Waals surface area contributed by atoms with Gasteiger partial charge in [-0.2, -0.15) is 0 Å². The number of aliphatic carboxylic acids is 1. The van der Waals surface area contributed by atoms with E-state index in [2.05, 4.69) is 10.6 Å². The molecule has 7 nitrogen and oxygen atoms in total. The predicted molar refractivity (Wildman–Crippen MR) is 72.8 cm³/mol. The number of carboxylic acid groups (broad SMARTS) is 1. The molecule has 19 heavy (non-hydrogen) atoms. The van der Waals surface area contributed by atoms with E-state index in [4.69, 9.17) is 5.11 Å². The first-order valence-electron chi connectivity index (χ1n) is 6.00. The number of carboxylic acids is 1. The number of nitro benzene ring substituents is 1. The number of anilines is 2. The van der Waals surface area contributed by atoms with Crippen molar-refractivity contribution in [3.8, 4) is 0 Å². The summed E-state index contributed by atoms with van der Waals surface area (Å²) in [5.41, 5.74) is 1.42. The van der Waals surface area contributed by atoms with Crippen LogP contribution in [0.2, 0.25) is 0 Å². The molecule has 0 amide bonds.